The van der Waals surface area contributed by atoms with Crippen LogP contribution in [-0.4, -0.2) is 24.7 Å². The largest absolute Gasteiger partial charge is 0.460 e. The molecular formula is C21H36N2O2. The van der Waals surface area contributed by atoms with Crippen LogP contribution in [0.25, 0.3) is 0 Å². The highest BCUT2D eigenvalue weighted by Gasteiger charge is 2.19. The summed E-state index contributed by atoms with van der Waals surface area (Å²) >= 11 is 0. The number of hydrogen-bond donors (Lipinski definition) is 2. The van der Waals surface area contributed by atoms with Gasteiger partial charge in [-0.05, 0) is 51.1 Å². The Hall–Kier alpha value is -1.55. The molecule has 142 valence electrons. The summed E-state index contributed by atoms with van der Waals surface area (Å²) in [6.07, 6.45) is 10.5. The lowest BCUT2D eigenvalue weighted by Crippen LogP contribution is -2.44. The van der Waals surface area contributed by atoms with Crippen LogP contribution >= 0.6 is 0 Å². The first-order chi connectivity index (χ1) is 11.9. The van der Waals surface area contributed by atoms with Crippen LogP contribution in [0.4, 0.5) is 5.69 Å². The fourth-order valence-corrected chi connectivity index (χ4v) is 2.69. The number of unbranched alkanes of at least 4 members (excludes halogenated alkanes) is 7. The van der Waals surface area contributed by atoms with Crippen LogP contribution < -0.4 is 11.1 Å². The second-order valence-corrected chi connectivity index (χ2v) is 7.48. The van der Waals surface area contributed by atoms with Crippen molar-refractivity contribution in [1.82, 2.24) is 5.32 Å². The minimum Gasteiger partial charge on any atom is -0.460 e. The summed E-state index contributed by atoms with van der Waals surface area (Å²) in [5.41, 5.74) is 6.59. The van der Waals surface area contributed by atoms with E-state index < -0.39 is 0 Å². The van der Waals surface area contributed by atoms with Crippen molar-refractivity contribution in [2.24, 2.45) is 0 Å². The summed E-state index contributed by atoms with van der Waals surface area (Å²) in [6, 6.07) is 6.81. The predicted molar refractivity (Wildman–Crippen MR) is 106 cm³/mol. The maximum Gasteiger partial charge on any atom is 0.338 e. The van der Waals surface area contributed by atoms with E-state index in [9.17, 15) is 4.79 Å². The fourth-order valence-electron chi connectivity index (χ4n) is 2.69. The molecule has 1 aromatic carbocycles. The van der Waals surface area contributed by atoms with Gasteiger partial charge in [-0.1, -0.05) is 51.9 Å². The van der Waals surface area contributed by atoms with Crippen LogP contribution in [0.2, 0.25) is 0 Å². The molecule has 0 fully saturated rings. The van der Waals surface area contributed by atoms with E-state index in [0.717, 1.165) is 6.54 Å². The molecule has 0 radical (unpaired) electrons. The van der Waals surface area contributed by atoms with Crippen molar-refractivity contribution >= 4 is 11.7 Å². The molecule has 0 spiro atoms. The van der Waals surface area contributed by atoms with Crippen molar-refractivity contribution in [3.8, 4) is 0 Å². The first kappa shape index (κ1) is 21.5. The average Bonchev–Trinajstić information content (AvgIpc) is 2.59. The maximum absolute atomic E-state index is 12.0. The van der Waals surface area contributed by atoms with Crippen molar-refractivity contribution < 1.29 is 9.53 Å². The lowest BCUT2D eigenvalue weighted by Gasteiger charge is -2.26. The second kappa shape index (κ2) is 11.9. The van der Waals surface area contributed by atoms with Crippen molar-refractivity contribution in [1.29, 1.82) is 0 Å². The van der Waals surface area contributed by atoms with Gasteiger partial charge in [-0.3, -0.25) is 0 Å². The van der Waals surface area contributed by atoms with Gasteiger partial charge < -0.3 is 15.8 Å². The number of carbonyl (C=O) groups excluding carboxylic acids is 1. The fraction of sp³-hybridized carbons (Fsp3) is 0.667. The Morgan fingerprint density at radius 2 is 1.56 bits per heavy atom. The molecule has 0 aromatic heterocycles. The van der Waals surface area contributed by atoms with Crippen LogP contribution in [0.5, 0.6) is 0 Å². The van der Waals surface area contributed by atoms with Crippen LogP contribution in [0.3, 0.4) is 0 Å². The number of rotatable bonds is 13. The second-order valence-electron chi connectivity index (χ2n) is 7.48. The standard InChI is InChI=1S/C21H36N2O2/c1-4-5-6-7-8-9-10-11-16-23-21(2,3)17-25-20(24)18-12-14-19(22)15-13-18/h12-15,23H,4-11,16-17,22H2,1-3H3. The number of hydrogen-bond acceptors (Lipinski definition) is 4. The van der Waals surface area contributed by atoms with E-state index in [0.29, 0.717) is 17.9 Å². The van der Waals surface area contributed by atoms with Crippen molar-refractivity contribution in [2.45, 2.75) is 77.7 Å². The van der Waals surface area contributed by atoms with E-state index in [4.69, 9.17) is 10.5 Å². The lowest BCUT2D eigenvalue weighted by molar-refractivity contribution is 0.0400. The summed E-state index contributed by atoms with van der Waals surface area (Å²) in [4.78, 5) is 12.0. The van der Waals surface area contributed by atoms with Gasteiger partial charge in [0.25, 0.3) is 0 Å². The predicted octanol–water partition coefficient (Wildman–Crippen LogP) is 4.93. The third-order valence-corrected chi connectivity index (χ3v) is 4.34. The molecule has 0 aliphatic heterocycles. The minimum absolute atomic E-state index is 0.218. The summed E-state index contributed by atoms with van der Waals surface area (Å²) in [7, 11) is 0. The summed E-state index contributed by atoms with van der Waals surface area (Å²) in [5, 5.41) is 3.49. The third-order valence-electron chi connectivity index (χ3n) is 4.34. The van der Waals surface area contributed by atoms with Crippen LogP contribution in [0, 0.1) is 0 Å². The normalized spacial score (nSPS) is 11.5. The molecule has 0 saturated carbocycles. The number of ether oxygens (including phenoxy) is 1. The molecule has 1 aromatic rings. The molecule has 4 nitrogen and oxygen atoms in total. The zero-order valence-corrected chi connectivity index (χ0v) is 16.3. The van der Waals surface area contributed by atoms with Crippen LogP contribution in [-0.2, 0) is 4.74 Å². The maximum atomic E-state index is 12.0. The van der Waals surface area contributed by atoms with E-state index in [-0.39, 0.29) is 11.5 Å². The molecule has 0 heterocycles. The van der Waals surface area contributed by atoms with Gasteiger partial charge in [0.15, 0.2) is 0 Å². The van der Waals surface area contributed by atoms with Gasteiger partial charge in [-0.15, -0.1) is 0 Å². The summed E-state index contributed by atoms with van der Waals surface area (Å²) in [5.74, 6) is -0.304. The van der Waals surface area contributed by atoms with Crippen molar-refractivity contribution in [3.05, 3.63) is 29.8 Å². The van der Waals surface area contributed by atoms with Gasteiger partial charge in [0.1, 0.15) is 6.61 Å². The summed E-state index contributed by atoms with van der Waals surface area (Å²) in [6.45, 7) is 7.69. The molecule has 25 heavy (non-hydrogen) atoms. The monoisotopic (exact) mass is 348 g/mol. The molecule has 0 unspecified atom stereocenters. The average molecular weight is 349 g/mol. The zero-order chi connectivity index (χ0) is 18.5. The SMILES string of the molecule is CCCCCCCCCCNC(C)(C)COC(=O)c1ccc(N)cc1. The van der Waals surface area contributed by atoms with Crippen LogP contribution in [0.1, 0.15) is 82.5 Å². The highest BCUT2D eigenvalue weighted by atomic mass is 16.5. The quantitative estimate of drug-likeness (QED) is 0.301. The number of anilines is 1. The Kier molecular flexibility index (Phi) is 10.2. The van der Waals surface area contributed by atoms with Gasteiger partial charge in [0.2, 0.25) is 0 Å². The first-order valence-electron chi connectivity index (χ1n) is 9.72. The molecular weight excluding hydrogens is 312 g/mol. The van der Waals surface area contributed by atoms with E-state index in [1.54, 1.807) is 24.3 Å². The highest BCUT2D eigenvalue weighted by Crippen LogP contribution is 2.11. The number of carbonyl (C=O) groups is 1. The van der Waals surface area contributed by atoms with Crippen LogP contribution in [0.15, 0.2) is 24.3 Å². The highest BCUT2D eigenvalue weighted by molar-refractivity contribution is 5.89. The van der Waals surface area contributed by atoms with Gasteiger partial charge in [-0.25, -0.2) is 4.79 Å². The lowest BCUT2D eigenvalue weighted by atomic mass is 10.1. The number of nitrogens with two attached hydrogens (primary N) is 1. The minimum atomic E-state index is -0.304. The number of nitrogen functional groups attached to an aromatic ring is 1. The van der Waals surface area contributed by atoms with Gasteiger partial charge in [0, 0.05) is 11.2 Å². The Morgan fingerprint density at radius 1 is 1.00 bits per heavy atom. The first-order valence-corrected chi connectivity index (χ1v) is 9.72. The van der Waals surface area contributed by atoms with E-state index >= 15 is 0 Å². The Morgan fingerprint density at radius 3 is 2.16 bits per heavy atom. The Balaban J connectivity index is 2.12. The number of esters is 1. The molecule has 1 rings (SSSR count). The molecule has 0 saturated heterocycles. The van der Waals surface area contributed by atoms with Gasteiger partial charge in [0.05, 0.1) is 5.56 Å². The number of benzene rings is 1. The number of nitrogens with one attached hydrogen (secondary N) is 1. The summed E-state index contributed by atoms with van der Waals surface area (Å²) < 4.78 is 5.42. The third kappa shape index (κ3) is 10.1. The van der Waals surface area contributed by atoms with Gasteiger partial charge >= 0.3 is 5.97 Å². The van der Waals surface area contributed by atoms with Gasteiger partial charge in [-0.2, -0.15) is 0 Å². The Bertz CT molecular complexity index is 483. The van der Waals surface area contributed by atoms with Crippen molar-refractivity contribution in [3.63, 3.8) is 0 Å². The van der Waals surface area contributed by atoms with Crippen molar-refractivity contribution in [2.75, 3.05) is 18.9 Å². The molecule has 0 amide bonds. The topological polar surface area (TPSA) is 64.3 Å². The molecule has 0 bridgehead atoms. The molecule has 4 heteroatoms. The van der Waals surface area contributed by atoms with E-state index in [1.165, 1.54) is 51.4 Å². The molecule has 0 aliphatic rings. The van der Waals surface area contributed by atoms with E-state index in [2.05, 4.69) is 26.1 Å². The Labute approximate surface area is 153 Å². The smallest absolute Gasteiger partial charge is 0.338 e. The molecule has 0 aliphatic carbocycles. The zero-order valence-electron chi connectivity index (χ0n) is 16.3. The molecule has 0 atom stereocenters. The molecule has 3 N–H and O–H groups in total. The van der Waals surface area contributed by atoms with E-state index in [1.807, 2.05) is 0 Å².